The Morgan fingerprint density at radius 3 is 1.56 bits per heavy atom. The summed E-state index contributed by atoms with van der Waals surface area (Å²) in [5.41, 5.74) is 0. The number of hydrogen-bond donors (Lipinski definition) is 3. The summed E-state index contributed by atoms with van der Waals surface area (Å²) < 4.78 is 32.7. The van der Waals surface area contributed by atoms with Crippen LogP contribution in [-0.2, 0) is 32.7 Å². The molecule has 0 fully saturated rings. The van der Waals surface area contributed by atoms with Gasteiger partial charge in [0.25, 0.3) is 0 Å². The molecule has 0 saturated carbocycles. The number of unbranched alkanes of at least 4 members (excludes halogenated alkanes) is 18. The highest BCUT2D eigenvalue weighted by Crippen LogP contribution is 2.43. The average molecular weight is 797 g/mol. The fourth-order valence-corrected chi connectivity index (χ4v) is 6.26. The lowest BCUT2D eigenvalue weighted by Crippen LogP contribution is -2.29. The van der Waals surface area contributed by atoms with E-state index in [0.29, 0.717) is 12.8 Å². The summed E-state index contributed by atoms with van der Waals surface area (Å²) in [6.07, 6.45) is 43.2. The van der Waals surface area contributed by atoms with Gasteiger partial charge >= 0.3 is 19.8 Å². The molecule has 0 radical (unpaired) electrons. The van der Waals surface area contributed by atoms with E-state index in [1.54, 1.807) is 0 Å². The van der Waals surface area contributed by atoms with Crippen LogP contribution in [-0.4, -0.2) is 65.7 Å². The van der Waals surface area contributed by atoms with Crippen LogP contribution in [0.1, 0.15) is 168 Å². The van der Waals surface area contributed by atoms with Gasteiger partial charge in [-0.2, -0.15) is 0 Å². The van der Waals surface area contributed by atoms with Crippen molar-refractivity contribution in [3.05, 3.63) is 60.8 Å². The number of rotatable bonds is 39. The Kier molecular flexibility index (Phi) is 38.2. The van der Waals surface area contributed by atoms with Crippen molar-refractivity contribution in [2.24, 2.45) is 0 Å². The first kappa shape index (κ1) is 52.7. The van der Waals surface area contributed by atoms with Gasteiger partial charge in [0.1, 0.15) is 12.7 Å². The summed E-state index contributed by atoms with van der Waals surface area (Å²) in [4.78, 5) is 35.0. The second-order valence-corrected chi connectivity index (χ2v) is 15.5. The van der Waals surface area contributed by atoms with Crippen molar-refractivity contribution in [1.29, 1.82) is 0 Å². The number of phosphoric acid groups is 1. The maximum atomic E-state index is 12.6. The van der Waals surface area contributed by atoms with Crippen LogP contribution in [0.2, 0.25) is 0 Å². The van der Waals surface area contributed by atoms with Gasteiger partial charge < -0.3 is 24.6 Å². The van der Waals surface area contributed by atoms with E-state index < -0.39 is 51.8 Å². The second-order valence-electron chi connectivity index (χ2n) is 14.1. The number of esters is 2. The van der Waals surface area contributed by atoms with E-state index in [1.807, 2.05) is 36.5 Å². The molecule has 0 aliphatic heterocycles. The van der Waals surface area contributed by atoms with E-state index in [1.165, 1.54) is 64.2 Å². The molecule has 0 amide bonds. The van der Waals surface area contributed by atoms with Gasteiger partial charge in [0.15, 0.2) is 6.10 Å². The van der Waals surface area contributed by atoms with E-state index in [4.69, 9.17) is 19.1 Å². The lowest BCUT2D eigenvalue weighted by Gasteiger charge is -2.20. The number of allylic oxidation sites excluding steroid dienone is 10. The monoisotopic (exact) mass is 797 g/mol. The highest BCUT2D eigenvalue weighted by atomic mass is 31.2. The third kappa shape index (κ3) is 39.7. The van der Waals surface area contributed by atoms with Crippen LogP contribution in [0.3, 0.4) is 0 Å². The third-order valence-corrected chi connectivity index (χ3v) is 9.70. The van der Waals surface area contributed by atoms with Crippen molar-refractivity contribution in [1.82, 2.24) is 0 Å². The van der Waals surface area contributed by atoms with Crippen LogP contribution < -0.4 is 0 Å². The van der Waals surface area contributed by atoms with E-state index in [9.17, 15) is 24.2 Å². The van der Waals surface area contributed by atoms with Crippen LogP contribution in [0.5, 0.6) is 0 Å². The van der Waals surface area contributed by atoms with E-state index in [2.05, 4.69) is 42.7 Å². The summed E-state index contributed by atoms with van der Waals surface area (Å²) in [7, 11) is -4.63. The number of aliphatic hydroxyl groups is 2. The van der Waals surface area contributed by atoms with Crippen molar-refractivity contribution in [3.8, 4) is 0 Å². The van der Waals surface area contributed by atoms with Gasteiger partial charge in [-0.1, -0.05) is 158 Å². The summed E-state index contributed by atoms with van der Waals surface area (Å²) in [6.45, 7) is 2.20. The predicted octanol–water partition coefficient (Wildman–Crippen LogP) is 11.1. The minimum Gasteiger partial charge on any atom is -0.462 e. The smallest absolute Gasteiger partial charge is 0.462 e. The number of phosphoric ester groups is 1. The van der Waals surface area contributed by atoms with Gasteiger partial charge in [-0.25, -0.2) is 4.57 Å². The highest BCUT2D eigenvalue weighted by molar-refractivity contribution is 7.47. The largest absolute Gasteiger partial charge is 0.472 e. The van der Waals surface area contributed by atoms with Gasteiger partial charge in [-0.3, -0.25) is 18.6 Å². The molecule has 11 heteroatoms. The number of hydrogen-bond acceptors (Lipinski definition) is 9. The van der Waals surface area contributed by atoms with Gasteiger partial charge in [-0.15, -0.1) is 0 Å². The molecule has 0 aromatic rings. The zero-order valence-corrected chi connectivity index (χ0v) is 35.3. The molecule has 0 heterocycles. The standard InChI is InChI=1S/C44H77O10P/c1-3-5-7-9-11-13-15-17-19-20-22-24-26-28-30-32-34-36-44(48)54-42(40-53-55(49,50)52-38-41(46)37-45)39-51-43(47)35-33-31-29-27-25-23-21-18-16-14-12-10-8-6-4-2/h6,8,10,12,14,16-19,21,41-42,45-46H,3-5,7,9,11,13,15,20,22-40H2,1-2H3,(H,49,50)/b8-6+,12-10+,16-14+,19-17+,21-18+/t41-,42+/m0/s1. The van der Waals surface area contributed by atoms with Gasteiger partial charge in [0, 0.05) is 12.8 Å². The molecule has 55 heavy (non-hydrogen) atoms. The molecule has 0 bridgehead atoms. The molecule has 1 unspecified atom stereocenters. The molecule has 3 atom stereocenters. The zero-order chi connectivity index (χ0) is 40.5. The zero-order valence-electron chi connectivity index (χ0n) is 34.4. The fraction of sp³-hybridized carbons (Fsp3) is 0.727. The predicted molar refractivity (Wildman–Crippen MR) is 224 cm³/mol. The van der Waals surface area contributed by atoms with Crippen molar-refractivity contribution in [2.75, 3.05) is 26.4 Å². The lowest BCUT2D eigenvalue weighted by molar-refractivity contribution is -0.161. The Hall–Kier alpha value is -2.33. The number of carbonyl (C=O) groups excluding carboxylic acids is 2. The Balaban J connectivity index is 4.35. The molecule has 0 aliphatic carbocycles. The van der Waals surface area contributed by atoms with E-state index in [-0.39, 0.29) is 19.4 Å². The molecule has 3 N–H and O–H groups in total. The topological polar surface area (TPSA) is 149 Å². The Morgan fingerprint density at radius 2 is 1.02 bits per heavy atom. The molecule has 0 aromatic heterocycles. The summed E-state index contributed by atoms with van der Waals surface area (Å²) in [5.74, 6) is -0.960. The van der Waals surface area contributed by atoms with Crippen LogP contribution in [0.25, 0.3) is 0 Å². The SMILES string of the molecule is CC/C=C/C=C/C=C/C=C/CCCCCCCC(=O)OC[C@H](COP(=O)(O)OC[C@@H](O)CO)OC(=O)CCCCCCCCC/C=C/CCCCCCCC. The van der Waals surface area contributed by atoms with Gasteiger partial charge in [0.2, 0.25) is 0 Å². The Labute approximate surface area is 334 Å². The third-order valence-electron chi connectivity index (χ3n) is 8.75. The minimum absolute atomic E-state index is 0.171. The summed E-state index contributed by atoms with van der Waals surface area (Å²) >= 11 is 0. The highest BCUT2D eigenvalue weighted by Gasteiger charge is 2.27. The minimum atomic E-state index is -4.63. The summed E-state index contributed by atoms with van der Waals surface area (Å²) in [6, 6.07) is 0. The maximum absolute atomic E-state index is 12.6. The molecule has 10 nitrogen and oxygen atoms in total. The molecular formula is C44H77O10P. The van der Waals surface area contributed by atoms with Crippen LogP contribution in [0.4, 0.5) is 0 Å². The van der Waals surface area contributed by atoms with E-state index in [0.717, 1.165) is 64.2 Å². The van der Waals surface area contributed by atoms with Crippen molar-refractivity contribution < 1.29 is 47.8 Å². The van der Waals surface area contributed by atoms with Crippen molar-refractivity contribution >= 4 is 19.8 Å². The lowest BCUT2D eigenvalue weighted by atomic mass is 10.1. The first-order valence-electron chi connectivity index (χ1n) is 21.3. The normalized spacial score (nSPS) is 14.5. The van der Waals surface area contributed by atoms with Crippen molar-refractivity contribution in [2.45, 2.75) is 180 Å². The molecule has 0 aromatic carbocycles. The van der Waals surface area contributed by atoms with Crippen LogP contribution in [0.15, 0.2) is 60.8 Å². The van der Waals surface area contributed by atoms with Gasteiger partial charge in [-0.05, 0) is 57.8 Å². The fourth-order valence-electron chi connectivity index (χ4n) is 5.47. The number of aliphatic hydroxyl groups excluding tert-OH is 2. The molecule has 0 spiro atoms. The van der Waals surface area contributed by atoms with Crippen LogP contribution in [0, 0.1) is 0 Å². The van der Waals surface area contributed by atoms with E-state index >= 15 is 0 Å². The number of ether oxygens (including phenoxy) is 2. The van der Waals surface area contributed by atoms with Crippen molar-refractivity contribution in [3.63, 3.8) is 0 Å². The second kappa shape index (κ2) is 39.9. The molecule has 0 rings (SSSR count). The molecule has 318 valence electrons. The van der Waals surface area contributed by atoms with Gasteiger partial charge in [0.05, 0.1) is 19.8 Å². The quantitative estimate of drug-likeness (QED) is 0.0180. The summed E-state index contributed by atoms with van der Waals surface area (Å²) in [5, 5.41) is 18.3. The average Bonchev–Trinajstić information content (AvgIpc) is 3.17. The molecule has 0 saturated heterocycles. The maximum Gasteiger partial charge on any atom is 0.472 e. The first-order valence-corrected chi connectivity index (χ1v) is 22.8. The number of carbonyl (C=O) groups is 2. The Morgan fingerprint density at radius 1 is 0.564 bits per heavy atom. The van der Waals surface area contributed by atoms with Crippen LogP contribution >= 0.6 is 7.82 Å². The first-order chi connectivity index (χ1) is 26.7. The Bertz CT molecular complexity index is 1100. The molecule has 0 aliphatic rings. The molecular weight excluding hydrogens is 719 g/mol.